The lowest BCUT2D eigenvalue weighted by Crippen LogP contribution is -2.33. The van der Waals surface area contributed by atoms with Gasteiger partial charge in [0.1, 0.15) is 0 Å². The fourth-order valence-electron chi connectivity index (χ4n) is 1.62. The minimum atomic E-state index is -4.50. The molecule has 0 saturated carbocycles. The summed E-state index contributed by atoms with van der Waals surface area (Å²) in [4.78, 5) is 30.3. The molecular weight excluding hydrogens is 332 g/mol. The lowest BCUT2D eigenvalue weighted by Gasteiger charge is -2.08. The fraction of sp³-hybridized carbons (Fsp3) is 0.143. The summed E-state index contributed by atoms with van der Waals surface area (Å²) < 4.78 is 49.9. The van der Waals surface area contributed by atoms with Crippen LogP contribution in [0.15, 0.2) is 36.7 Å². The molecule has 0 saturated heterocycles. The van der Waals surface area contributed by atoms with E-state index in [4.69, 9.17) is 0 Å². The maximum atomic E-state index is 12.6. The number of rotatable bonds is 4. The van der Waals surface area contributed by atoms with Crippen LogP contribution in [0.3, 0.4) is 0 Å². The molecule has 24 heavy (non-hydrogen) atoms. The largest absolute Gasteiger partial charge is 0.416 e. The van der Waals surface area contributed by atoms with Crippen LogP contribution in [-0.2, 0) is 11.0 Å². The summed E-state index contributed by atoms with van der Waals surface area (Å²) in [5.74, 6) is -2.23. The molecule has 2 amide bonds. The van der Waals surface area contributed by atoms with Crippen LogP contribution in [0.25, 0.3) is 0 Å². The summed E-state index contributed by atoms with van der Waals surface area (Å²) in [6.45, 7) is -0.458. The molecule has 0 fully saturated rings. The Morgan fingerprint density at radius 2 is 1.62 bits per heavy atom. The predicted molar refractivity (Wildman–Crippen MR) is 74.4 cm³/mol. The molecule has 1 aromatic carbocycles. The monoisotopic (exact) mass is 342 g/mol. The van der Waals surface area contributed by atoms with E-state index in [1.807, 2.05) is 0 Å². The van der Waals surface area contributed by atoms with Crippen LogP contribution < -0.4 is 10.6 Å². The minimum Gasteiger partial charge on any atom is -0.343 e. The molecule has 0 radical (unpaired) electrons. The summed E-state index contributed by atoms with van der Waals surface area (Å²) >= 11 is 0. The van der Waals surface area contributed by atoms with Gasteiger partial charge >= 0.3 is 6.18 Å². The van der Waals surface area contributed by atoms with Gasteiger partial charge in [-0.1, -0.05) is 0 Å². The van der Waals surface area contributed by atoms with Gasteiger partial charge in [-0.15, -0.1) is 0 Å². The highest BCUT2D eigenvalue weighted by Gasteiger charge is 2.30. The van der Waals surface area contributed by atoms with E-state index in [9.17, 15) is 27.2 Å². The molecular formula is C14H10F4N4O2. The number of hydrogen-bond donors (Lipinski definition) is 2. The molecule has 0 aliphatic rings. The molecule has 0 unspecified atom stereocenters. The molecule has 0 bridgehead atoms. The van der Waals surface area contributed by atoms with Crippen molar-refractivity contribution in [2.75, 3.05) is 11.9 Å². The first-order chi connectivity index (χ1) is 11.3. The molecule has 1 aromatic heterocycles. The van der Waals surface area contributed by atoms with Gasteiger partial charge in [0.05, 0.1) is 24.5 Å². The Balaban J connectivity index is 1.88. The SMILES string of the molecule is O=C(CNC(=O)c1ccc(C(F)(F)F)cc1)Nc1ncc(F)cn1. The highest BCUT2D eigenvalue weighted by atomic mass is 19.4. The number of hydrogen-bond acceptors (Lipinski definition) is 4. The van der Waals surface area contributed by atoms with Crippen molar-refractivity contribution in [3.63, 3.8) is 0 Å². The van der Waals surface area contributed by atoms with Gasteiger partial charge in [0.25, 0.3) is 5.91 Å². The number of halogens is 4. The lowest BCUT2D eigenvalue weighted by molar-refractivity contribution is -0.137. The van der Waals surface area contributed by atoms with Gasteiger partial charge in [0.2, 0.25) is 11.9 Å². The Bertz CT molecular complexity index is 730. The highest BCUT2D eigenvalue weighted by Crippen LogP contribution is 2.28. The Morgan fingerprint density at radius 1 is 1.04 bits per heavy atom. The van der Waals surface area contributed by atoms with Crippen molar-refractivity contribution in [2.24, 2.45) is 0 Å². The standard InChI is InChI=1S/C14H10F4N4O2/c15-10-5-20-13(21-6-10)22-11(23)7-19-12(24)8-1-3-9(4-2-8)14(16,17)18/h1-6H,7H2,(H,19,24)(H,20,21,22,23). The fourth-order valence-corrected chi connectivity index (χ4v) is 1.62. The van der Waals surface area contributed by atoms with Crippen LogP contribution in [0, 0.1) is 5.82 Å². The third-order valence-corrected chi connectivity index (χ3v) is 2.76. The predicted octanol–water partition coefficient (Wildman–Crippen LogP) is 2.00. The number of aromatic nitrogens is 2. The number of nitrogens with zero attached hydrogens (tertiary/aromatic N) is 2. The topological polar surface area (TPSA) is 84.0 Å². The Morgan fingerprint density at radius 3 is 2.17 bits per heavy atom. The van der Waals surface area contributed by atoms with Crippen LogP contribution in [0.1, 0.15) is 15.9 Å². The number of carbonyl (C=O) groups is 2. The molecule has 126 valence electrons. The van der Waals surface area contributed by atoms with Gasteiger partial charge in [-0.05, 0) is 24.3 Å². The quantitative estimate of drug-likeness (QED) is 0.833. The highest BCUT2D eigenvalue weighted by molar-refractivity contribution is 5.98. The van der Waals surface area contributed by atoms with Crippen LogP contribution in [0.5, 0.6) is 0 Å². The number of nitrogens with one attached hydrogen (secondary N) is 2. The molecule has 1 heterocycles. The maximum Gasteiger partial charge on any atom is 0.416 e. The number of benzene rings is 1. The molecule has 0 aliphatic heterocycles. The van der Waals surface area contributed by atoms with E-state index >= 15 is 0 Å². The van der Waals surface area contributed by atoms with E-state index in [-0.39, 0.29) is 11.5 Å². The first-order valence-corrected chi connectivity index (χ1v) is 6.48. The Hall–Kier alpha value is -3.04. The van der Waals surface area contributed by atoms with Crippen molar-refractivity contribution < 1.29 is 27.2 Å². The number of alkyl halides is 3. The zero-order valence-electron chi connectivity index (χ0n) is 11.9. The van der Waals surface area contributed by atoms with Gasteiger partial charge < -0.3 is 5.32 Å². The molecule has 6 nitrogen and oxygen atoms in total. The van der Waals surface area contributed by atoms with Gasteiger partial charge in [0.15, 0.2) is 5.82 Å². The number of anilines is 1. The Kier molecular flexibility index (Phi) is 5.07. The van der Waals surface area contributed by atoms with E-state index in [0.717, 1.165) is 36.7 Å². The molecule has 0 aliphatic carbocycles. The van der Waals surface area contributed by atoms with Gasteiger partial charge in [-0.3, -0.25) is 14.9 Å². The molecule has 2 rings (SSSR count). The van der Waals surface area contributed by atoms with Crippen molar-refractivity contribution in [1.82, 2.24) is 15.3 Å². The van der Waals surface area contributed by atoms with Gasteiger partial charge in [-0.2, -0.15) is 13.2 Å². The summed E-state index contributed by atoms with van der Waals surface area (Å²) in [7, 11) is 0. The molecule has 2 aromatic rings. The maximum absolute atomic E-state index is 12.6. The van der Waals surface area contributed by atoms with Crippen LogP contribution >= 0.6 is 0 Å². The average Bonchev–Trinajstić information content (AvgIpc) is 2.54. The van der Waals surface area contributed by atoms with Crippen LogP contribution in [0.2, 0.25) is 0 Å². The summed E-state index contributed by atoms with van der Waals surface area (Å²) in [5, 5.41) is 4.44. The van der Waals surface area contributed by atoms with E-state index < -0.39 is 35.9 Å². The summed E-state index contributed by atoms with van der Waals surface area (Å²) in [6.07, 6.45) is -2.79. The van der Waals surface area contributed by atoms with Crippen molar-refractivity contribution in [3.8, 4) is 0 Å². The van der Waals surface area contributed by atoms with E-state index in [1.54, 1.807) is 0 Å². The second kappa shape index (κ2) is 7.02. The second-order valence-electron chi connectivity index (χ2n) is 4.53. The van der Waals surface area contributed by atoms with Crippen molar-refractivity contribution in [3.05, 3.63) is 53.6 Å². The Labute approximate surface area is 132 Å². The van der Waals surface area contributed by atoms with Crippen molar-refractivity contribution in [2.45, 2.75) is 6.18 Å². The zero-order valence-corrected chi connectivity index (χ0v) is 11.9. The molecule has 0 atom stereocenters. The smallest absolute Gasteiger partial charge is 0.343 e. The molecule has 0 spiro atoms. The second-order valence-corrected chi connectivity index (χ2v) is 4.53. The summed E-state index contributed by atoms with van der Waals surface area (Å²) in [6, 6.07) is 3.53. The van der Waals surface area contributed by atoms with Crippen molar-refractivity contribution in [1.29, 1.82) is 0 Å². The first-order valence-electron chi connectivity index (χ1n) is 6.48. The molecule has 2 N–H and O–H groups in total. The van der Waals surface area contributed by atoms with Crippen LogP contribution in [-0.4, -0.2) is 28.3 Å². The van der Waals surface area contributed by atoms with Crippen molar-refractivity contribution >= 4 is 17.8 Å². The first kappa shape index (κ1) is 17.3. The lowest BCUT2D eigenvalue weighted by atomic mass is 10.1. The van der Waals surface area contributed by atoms with E-state index in [1.165, 1.54) is 0 Å². The van der Waals surface area contributed by atoms with Crippen LogP contribution in [0.4, 0.5) is 23.5 Å². The van der Waals surface area contributed by atoms with E-state index in [2.05, 4.69) is 20.6 Å². The van der Waals surface area contributed by atoms with Gasteiger partial charge in [0, 0.05) is 5.56 Å². The minimum absolute atomic E-state index is 0.0335. The number of carbonyl (C=O) groups excluding carboxylic acids is 2. The van der Waals surface area contributed by atoms with E-state index in [0.29, 0.717) is 0 Å². The molecule has 10 heteroatoms. The summed E-state index contributed by atoms with van der Waals surface area (Å²) in [5.41, 5.74) is -0.918. The third-order valence-electron chi connectivity index (χ3n) is 2.76. The average molecular weight is 342 g/mol. The third kappa shape index (κ3) is 4.73. The number of amides is 2. The van der Waals surface area contributed by atoms with Gasteiger partial charge in [-0.25, -0.2) is 14.4 Å². The zero-order chi connectivity index (χ0) is 17.7. The normalized spacial score (nSPS) is 11.0.